The number of ether oxygens (including phenoxy) is 1. The zero-order valence-corrected chi connectivity index (χ0v) is 7.94. The summed E-state index contributed by atoms with van der Waals surface area (Å²) in [6, 6.07) is 10.1. The Labute approximate surface area is 79.2 Å². The van der Waals surface area contributed by atoms with E-state index in [1.165, 1.54) is 5.56 Å². The number of benzene rings is 1. The van der Waals surface area contributed by atoms with E-state index >= 15 is 0 Å². The molecule has 2 heteroatoms. The number of rotatable bonds is 5. The second-order valence-corrected chi connectivity index (χ2v) is 2.93. The Balaban J connectivity index is 2.27. The fourth-order valence-corrected chi connectivity index (χ4v) is 1.21. The molecule has 0 aliphatic carbocycles. The topological polar surface area (TPSA) is 29.5 Å². The molecular formula is C11H16O2. The SMILES string of the molecule is CCOC(O)CCc1ccccc1. The van der Waals surface area contributed by atoms with Gasteiger partial charge in [0.2, 0.25) is 0 Å². The van der Waals surface area contributed by atoms with Gasteiger partial charge in [0.25, 0.3) is 0 Å². The fraction of sp³-hybridized carbons (Fsp3) is 0.455. The van der Waals surface area contributed by atoms with Gasteiger partial charge in [-0.25, -0.2) is 0 Å². The molecule has 1 aromatic carbocycles. The number of aliphatic hydroxyl groups excluding tert-OH is 1. The van der Waals surface area contributed by atoms with Gasteiger partial charge in [-0.2, -0.15) is 0 Å². The lowest BCUT2D eigenvalue weighted by Gasteiger charge is -2.09. The van der Waals surface area contributed by atoms with E-state index in [2.05, 4.69) is 12.1 Å². The molecule has 1 rings (SSSR count). The second-order valence-electron chi connectivity index (χ2n) is 2.93. The van der Waals surface area contributed by atoms with Crippen LogP contribution in [0.2, 0.25) is 0 Å². The maximum absolute atomic E-state index is 9.29. The van der Waals surface area contributed by atoms with Gasteiger partial charge in [-0.3, -0.25) is 0 Å². The summed E-state index contributed by atoms with van der Waals surface area (Å²) in [5.41, 5.74) is 1.24. The minimum absolute atomic E-state index is 0.565. The van der Waals surface area contributed by atoms with Crippen LogP contribution < -0.4 is 0 Å². The Hall–Kier alpha value is -0.860. The normalized spacial score (nSPS) is 12.8. The van der Waals surface area contributed by atoms with E-state index in [1.807, 2.05) is 25.1 Å². The summed E-state index contributed by atoms with van der Waals surface area (Å²) in [6.45, 7) is 2.45. The summed E-state index contributed by atoms with van der Waals surface area (Å²) in [6.07, 6.45) is 0.907. The van der Waals surface area contributed by atoms with Crippen molar-refractivity contribution in [3.63, 3.8) is 0 Å². The van der Waals surface area contributed by atoms with Crippen LogP contribution in [0.4, 0.5) is 0 Å². The smallest absolute Gasteiger partial charge is 0.154 e. The quantitative estimate of drug-likeness (QED) is 0.702. The van der Waals surface area contributed by atoms with Gasteiger partial charge in [0.15, 0.2) is 6.29 Å². The highest BCUT2D eigenvalue weighted by Crippen LogP contribution is 2.05. The van der Waals surface area contributed by atoms with E-state index in [1.54, 1.807) is 0 Å². The lowest BCUT2D eigenvalue weighted by Crippen LogP contribution is -2.12. The van der Waals surface area contributed by atoms with E-state index in [4.69, 9.17) is 4.74 Å². The predicted octanol–water partition coefficient (Wildman–Crippen LogP) is 1.97. The molecule has 0 bridgehead atoms. The van der Waals surface area contributed by atoms with Crippen molar-refractivity contribution in [2.45, 2.75) is 26.1 Å². The number of hydrogen-bond donors (Lipinski definition) is 1. The van der Waals surface area contributed by atoms with Crippen LogP contribution in [0.15, 0.2) is 30.3 Å². The monoisotopic (exact) mass is 180 g/mol. The Bertz CT molecular complexity index is 221. The molecule has 0 amide bonds. The maximum atomic E-state index is 9.29. The number of aryl methyl sites for hydroxylation is 1. The molecule has 0 aliphatic heterocycles. The molecule has 72 valence electrons. The molecule has 1 unspecified atom stereocenters. The average molecular weight is 180 g/mol. The van der Waals surface area contributed by atoms with Crippen LogP contribution in [-0.2, 0) is 11.2 Å². The van der Waals surface area contributed by atoms with Crippen LogP contribution in [0.5, 0.6) is 0 Å². The Kier molecular flexibility index (Phi) is 4.50. The molecule has 0 fully saturated rings. The van der Waals surface area contributed by atoms with Gasteiger partial charge in [0.05, 0.1) is 0 Å². The standard InChI is InChI=1S/C11H16O2/c1-2-13-11(12)9-8-10-6-4-3-5-7-10/h3-7,11-12H,2,8-9H2,1H3. The van der Waals surface area contributed by atoms with E-state index in [-0.39, 0.29) is 0 Å². The predicted molar refractivity (Wildman–Crippen MR) is 52.4 cm³/mol. The summed E-state index contributed by atoms with van der Waals surface area (Å²) in [5.74, 6) is 0. The van der Waals surface area contributed by atoms with E-state index < -0.39 is 6.29 Å². The van der Waals surface area contributed by atoms with Crippen molar-refractivity contribution >= 4 is 0 Å². The average Bonchev–Trinajstić information content (AvgIpc) is 2.17. The van der Waals surface area contributed by atoms with Crippen molar-refractivity contribution in [3.05, 3.63) is 35.9 Å². The summed E-state index contributed by atoms with van der Waals surface area (Å²) >= 11 is 0. The molecule has 0 aromatic heterocycles. The fourth-order valence-electron chi connectivity index (χ4n) is 1.21. The van der Waals surface area contributed by atoms with E-state index in [9.17, 15) is 5.11 Å². The summed E-state index contributed by atoms with van der Waals surface area (Å²) in [5, 5.41) is 9.29. The third-order valence-corrected chi connectivity index (χ3v) is 1.88. The first kappa shape index (κ1) is 10.2. The highest BCUT2D eigenvalue weighted by atomic mass is 16.6. The van der Waals surface area contributed by atoms with E-state index in [0.29, 0.717) is 13.0 Å². The lowest BCUT2D eigenvalue weighted by molar-refractivity contribution is -0.0980. The van der Waals surface area contributed by atoms with Crippen LogP contribution in [0, 0.1) is 0 Å². The van der Waals surface area contributed by atoms with Crippen molar-refractivity contribution in [2.24, 2.45) is 0 Å². The Morgan fingerprint density at radius 3 is 2.62 bits per heavy atom. The lowest BCUT2D eigenvalue weighted by atomic mass is 10.1. The first-order chi connectivity index (χ1) is 6.33. The summed E-state index contributed by atoms with van der Waals surface area (Å²) < 4.78 is 5.02. The van der Waals surface area contributed by atoms with Gasteiger partial charge in [0, 0.05) is 13.0 Å². The van der Waals surface area contributed by atoms with Gasteiger partial charge < -0.3 is 9.84 Å². The molecule has 1 atom stereocenters. The molecule has 0 heterocycles. The number of aliphatic hydroxyl groups is 1. The molecule has 0 saturated heterocycles. The van der Waals surface area contributed by atoms with Gasteiger partial charge in [-0.15, -0.1) is 0 Å². The molecule has 0 radical (unpaired) electrons. The third kappa shape index (κ3) is 4.06. The van der Waals surface area contributed by atoms with Gasteiger partial charge in [-0.1, -0.05) is 30.3 Å². The number of hydrogen-bond acceptors (Lipinski definition) is 2. The Morgan fingerprint density at radius 2 is 2.00 bits per heavy atom. The van der Waals surface area contributed by atoms with Crippen LogP contribution >= 0.6 is 0 Å². The summed E-state index contributed by atoms with van der Waals surface area (Å²) in [4.78, 5) is 0. The summed E-state index contributed by atoms with van der Waals surface area (Å²) in [7, 11) is 0. The van der Waals surface area contributed by atoms with Crippen LogP contribution in [0.3, 0.4) is 0 Å². The van der Waals surface area contributed by atoms with Gasteiger partial charge >= 0.3 is 0 Å². The molecule has 13 heavy (non-hydrogen) atoms. The zero-order valence-electron chi connectivity index (χ0n) is 7.94. The van der Waals surface area contributed by atoms with Crippen molar-refractivity contribution in [3.8, 4) is 0 Å². The highest BCUT2D eigenvalue weighted by Gasteiger charge is 2.02. The zero-order chi connectivity index (χ0) is 9.52. The molecule has 1 aromatic rings. The third-order valence-electron chi connectivity index (χ3n) is 1.88. The van der Waals surface area contributed by atoms with Crippen LogP contribution in [-0.4, -0.2) is 18.0 Å². The minimum Gasteiger partial charge on any atom is -0.368 e. The first-order valence-electron chi connectivity index (χ1n) is 4.66. The van der Waals surface area contributed by atoms with Gasteiger partial charge in [-0.05, 0) is 18.9 Å². The Morgan fingerprint density at radius 1 is 1.31 bits per heavy atom. The molecule has 0 spiro atoms. The van der Waals surface area contributed by atoms with Crippen molar-refractivity contribution in [2.75, 3.05) is 6.61 Å². The minimum atomic E-state index is -0.620. The highest BCUT2D eigenvalue weighted by molar-refractivity contribution is 5.14. The first-order valence-corrected chi connectivity index (χ1v) is 4.66. The largest absolute Gasteiger partial charge is 0.368 e. The molecular weight excluding hydrogens is 164 g/mol. The van der Waals surface area contributed by atoms with Crippen molar-refractivity contribution in [1.82, 2.24) is 0 Å². The van der Waals surface area contributed by atoms with Crippen molar-refractivity contribution < 1.29 is 9.84 Å². The van der Waals surface area contributed by atoms with Crippen molar-refractivity contribution in [1.29, 1.82) is 0 Å². The van der Waals surface area contributed by atoms with Gasteiger partial charge in [0.1, 0.15) is 0 Å². The molecule has 0 saturated carbocycles. The maximum Gasteiger partial charge on any atom is 0.154 e. The van der Waals surface area contributed by atoms with Crippen LogP contribution in [0.1, 0.15) is 18.9 Å². The molecule has 1 N–H and O–H groups in total. The van der Waals surface area contributed by atoms with Crippen LogP contribution in [0.25, 0.3) is 0 Å². The van der Waals surface area contributed by atoms with E-state index in [0.717, 1.165) is 6.42 Å². The molecule has 2 nitrogen and oxygen atoms in total. The second kappa shape index (κ2) is 5.73. The molecule has 0 aliphatic rings.